The lowest BCUT2D eigenvalue weighted by Gasteiger charge is -2.19. The molecule has 0 bridgehead atoms. The standard InChI is InChI=1S/C16H20FN3/c1-3-18-10-13-7-8-15(19-11-13)12-20(2)16-6-4-5-14(17)9-16/h4-9,11,18H,3,10,12H2,1-2H3. The molecule has 1 aromatic heterocycles. The van der Waals surface area contributed by atoms with E-state index >= 15 is 0 Å². The highest BCUT2D eigenvalue weighted by Gasteiger charge is 2.04. The van der Waals surface area contributed by atoms with Gasteiger partial charge in [0, 0.05) is 25.5 Å². The molecule has 2 rings (SSSR count). The van der Waals surface area contributed by atoms with Gasteiger partial charge >= 0.3 is 0 Å². The third kappa shape index (κ3) is 4.03. The topological polar surface area (TPSA) is 28.2 Å². The minimum atomic E-state index is -0.219. The number of nitrogens with one attached hydrogen (secondary N) is 1. The Hall–Kier alpha value is -1.94. The maximum Gasteiger partial charge on any atom is 0.125 e. The van der Waals surface area contributed by atoms with E-state index in [-0.39, 0.29) is 5.82 Å². The van der Waals surface area contributed by atoms with Crippen LogP contribution in [-0.2, 0) is 13.1 Å². The van der Waals surface area contributed by atoms with Crippen molar-refractivity contribution in [2.45, 2.75) is 20.0 Å². The van der Waals surface area contributed by atoms with Crippen LogP contribution in [0.25, 0.3) is 0 Å². The van der Waals surface area contributed by atoms with Crippen molar-refractivity contribution < 1.29 is 4.39 Å². The molecule has 0 fully saturated rings. The van der Waals surface area contributed by atoms with Crippen LogP contribution in [0, 0.1) is 5.82 Å². The molecule has 0 aliphatic heterocycles. The van der Waals surface area contributed by atoms with E-state index < -0.39 is 0 Å². The number of hydrogen-bond acceptors (Lipinski definition) is 3. The van der Waals surface area contributed by atoms with Gasteiger partial charge in [0.15, 0.2) is 0 Å². The second-order valence-electron chi connectivity index (χ2n) is 4.77. The fourth-order valence-electron chi connectivity index (χ4n) is 1.97. The van der Waals surface area contributed by atoms with Gasteiger partial charge in [0.05, 0.1) is 12.2 Å². The maximum atomic E-state index is 13.2. The maximum absolute atomic E-state index is 13.2. The zero-order valence-corrected chi connectivity index (χ0v) is 11.9. The Labute approximate surface area is 119 Å². The predicted octanol–water partition coefficient (Wildman–Crippen LogP) is 2.97. The number of benzene rings is 1. The zero-order chi connectivity index (χ0) is 14.4. The molecular weight excluding hydrogens is 253 g/mol. The number of nitrogens with zero attached hydrogens (tertiary/aromatic N) is 2. The van der Waals surface area contributed by atoms with Crippen LogP contribution >= 0.6 is 0 Å². The van der Waals surface area contributed by atoms with Crippen LogP contribution in [0.3, 0.4) is 0 Å². The summed E-state index contributed by atoms with van der Waals surface area (Å²) in [7, 11) is 1.93. The Kier molecular flexibility index (Phi) is 5.07. The molecule has 0 unspecified atom stereocenters. The van der Waals surface area contributed by atoms with Crippen molar-refractivity contribution in [3.05, 3.63) is 59.7 Å². The average molecular weight is 273 g/mol. The molecule has 106 valence electrons. The van der Waals surface area contributed by atoms with Gasteiger partial charge in [-0.15, -0.1) is 0 Å². The molecule has 0 spiro atoms. The van der Waals surface area contributed by atoms with E-state index in [1.807, 2.05) is 30.3 Å². The van der Waals surface area contributed by atoms with Gasteiger partial charge in [0.2, 0.25) is 0 Å². The molecule has 0 atom stereocenters. The highest BCUT2D eigenvalue weighted by molar-refractivity contribution is 5.45. The Balaban J connectivity index is 1.99. The monoisotopic (exact) mass is 273 g/mol. The first-order valence-electron chi connectivity index (χ1n) is 6.80. The minimum absolute atomic E-state index is 0.219. The van der Waals surface area contributed by atoms with Crippen LogP contribution < -0.4 is 10.2 Å². The van der Waals surface area contributed by atoms with E-state index in [1.54, 1.807) is 6.07 Å². The first-order chi connectivity index (χ1) is 9.69. The van der Waals surface area contributed by atoms with Gasteiger partial charge in [0.25, 0.3) is 0 Å². The lowest BCUT2D eigenvalue weighted by atomic mass is 10.2. The number of aromatic nitrogens is 1. The lowest BCUT2D eigenvalue weighted by Crippen LogP contribution is -2.17. The molecule has 20 heavy (non-hydrogen) atoms. The summed E-state index contributed by atoms with van der Waals surface area (Å²) < 4.78 is 13.2. The molecular formula is C16H20FN3. The summed E-state index contributed by atoms with van der Waals surface area (Å²) in [6.45, 7) is 4.52. The first kappa shape index (κ1) is 14.5. The minimum Gasteiger partial charge on any atom is -0.369 e. The fourth-order valence-corrected chi connectivity index (χ4v) is 1.97. The van der Waals surface area contributed by atoms with Crippen molar-refractivity contribution in [3.8, 4) is 0 Å². The highest BCUT2D eigenvalue weighted by Crippen LogP contribution is 2.16. The smallest absolute Gasteiger partial charge is 0.125 e. The van der Waals surface area contributed by atoms with Crippen molar-refractivity contribution in [2.24, 2.45) is 0 Å². The van der Waals surface area contributed by atoms with Gasteiger partial charge in [-0.25, -0.2) is 4.39 Å². The Bertz CT molecular complexity index is 540. The van der Waals surface area contributed by atoms with E-state index in [0.29, 0.717) is 6.54 Å². The normalized spacial score (nSPS) is 10.6. The summed E-state index contributed by atoms with van der Waals surface area (Å²) in [4.78, 5) is 6.43. The number of pyridine rings is 1. The van der Waals surface area contributed by atoms with Gasteiger partial charge in [-0.05, 0) is 36.4 Å². The molecule has 4 heteroatoms. The second kappa shape index (κ2) is 7.01. The van der Waals surface area contributed by atoms with Crippen LogP contribution in [0.4, 0.5) is 10.1 Å². The summed E-state index contributed by atoms with van der Waals surface area (Å²) in [5, 5.41) is 3.26. The Morgan fingerprint density at radius 2 is 2.10 bits per heavy atom. The number of hydrogen-bond donors (Lipinski definition) is 1. The summed E-state index contributed by atoms with van der Waals surface area (Å²) in [6, 6.07) is 10.7. The molecule has 2 aromatic rings. The quantitative estimate of drug-likeness (QED) is 0.877. The van der Waals surface area contributed by atoms with Crippen LogP contribution in [0.5, 0.6) is 0 Å². The largest absolute Gasteiger partial charge is 0.369 e. The van der Waals surface area contributed by atoms with Crippen LogP contribution in [-0.4, -0.2) is 18.6 Å². The summed E-state index contributed by atoms with van der Waals surface area (Å²) >= 11 is 0. The Morgan fingerprint density at radius 3 is 2.75 bits per heavy atom. The third-order valence-corrected chi connectivity index (χ3v) is 3.11. The Morgan fingerprint density at radius 1 is 1.25 bits per heavy atom. The van der Waals surface area contributed by atoms with E-state index in [2.05, 4.69) is 23.3 Å². The lowest BCUT2D eigenvalue weighted by molar-refractivity contribution is 0.627. The molecule has 1 heterocycles. The van der Waals surface area contributed by atoms with Crippen LogP contribution in [0.1, 0.15) is 18.2 Å². The molecule has 3 nitrogen and oxygen atoms in total. The molecule has 0 saturated heterocycles. The van der Waals surface area contributed by atoms with Gasteiger partial charge in [-0.1, -0.05) is 19.1 Å². The van der Waals surface area contributed by atoms with E-state index in [4.69, 9.17) is 0 Å². The predicted molar refractivity (Wildman–Crippen MR) is 80.1 cm³/mol. The van der Waals surface area contributed by atoms with Gasteiger partial charge in [-0.2, -0.15) is 0 Å². The number of anilines is 1. The summed E-state index contributed by atoms with van der Waals surface area (Å²) in [5.41, 5.74) is 2.99. The van der Waals surface area contributed by atoms with E-state index in [0.717, 1.165) is 24.5 Å². The number of halogens is 1. The van der Waals surface area contributed by atoms with Gasteiger partial charge in [-0.3, -0.25) is 4.98 Å². The molecule has 1 N–H and O–H groups in total. The molecule has 0 aliphatic rings. The third-order valence-electron chi connectivity index (χ3n) is 3.11. The van der Waals surface area contributed by atoms with Gasteiger partial charge < -0.3 is 10.2 Å². The van der Waals surface area contributed by atoms with Crippen molar-refractivity contribution in [1.29, 1.82) is 0 Å². The highest BCUT2D eigenvalue weighted by atomic mass is 19.1. The average Bonchev–Trinajstić information content (AvgIpc) is 2.46. The molecule has 0 radical (unpaired) electrons. The molecule has 1 aromatic carbocycles. The van der Waals surface area contributed by atoms with Crippen molar-refractivity contribution in [2.75, 3.05) is 18.5 Å². The summed E-state index contributed by atoms with van der Waals surface area (Å²) in [6.07, 6.45) is 1.89. The van der Waals surface area contributed by atoms with Crippen molar-refractivity contribution in [3.63, 3.8) is 0 Å². The SMILES string of the molecule is CCNCc1ccc(CN(C)c2cccc(F)c2)nc1. The van der Waals surface area contributed by atoms with E-state index in [1.165, 1.54) is 17.7 Å². The molecule has 0 amide bonds. The summed E-state index contributed by atoms with van der Waals surface area (Å²) in [5.74, 6) is -0.219. The molecule has 0 aliphatic carbocycles. The van der Waals surface area contributed by atoms with Crippen LogP contribution in [0.15, 0.2) is 42.6 Å². The first-order valence-corrected chi connectivity index (χ1v) is 6.80. The fraction of sp³-hybridized carbons (Fsp3) is 0.312. The van der Waals surface area contributed by atoms with Crippen molar-refractivity contribution >= 4 is 5.69 Å². The zero-order valence-electron chi connectivity index (χ0n) is 11.9. The number of rotatable bonds is 6. The van der Waals surface area contributed by atoms with E-state index in [9.17, 15) is 4.39 Å². The van der Waals surface area contributed by atoms with Gasteiger partial charge in [0.1, 0.15) is 5.82 Å². The van der Waals surface area contributed by atoms with Crippen LogP contribution in [0.2, 0.25) is 0 Å². The van der Waals surface area contributed by atoms with Crippen molar-refractivity contribution in [1.82, 2.24) is 10.3 Å². The second-order valence-corrected chi connectivity index (χ2v) is 4.77. The molecule has 0 saturated carbocycles.